The van der Waals surface area contributed by atoms with Crippen LogP contribution in [0.2, 0.25) is 0 Å². The molecule has 8 heteroatoms. The molecule has 1 heterocycles. The largest absolute Gasteiger partial charge is 0.494 e. The molecule has 0 aliphatic carbocycles. The van der Waals surface area contributed by atoms with Gasteiger partial charge in [-0.2, -0.15) is 0 Å². The van der Waals surface area contributed by atoms with Crippen molar-refractivity contribution in [1.29, 1.82) is 0 Å². The molecule has 0 aliphatic heterocycles. The molecule has 0 N–H and O–H groups in total. The number of aromatic nitrogens is 1. The number of nitrogens with zero attached hydrogens (tertiary/aromatic N) is 3. The first-order valence-electron chi connectivity index (χ1n) is 11.5. The standard InChI is InChI=1S/C28H29N3O3S.ClH/c1-19-11-16-23(34-4)24-26(19)35-28(29-24)31(18-8-17-30(2)3)27(33)22-14-12-21(13-15-22)25(32)20-9-6-5-7-10-20;/h5-7,9-16H,8,17-18H2,1-4H3;1H. The van der Waals surface area contributed by atoms with Gasteiger partial charge in [0.2, 0.25) is 0 Å². The van der Waals surface area contributed by atoms with Gasteiger partial charge in [-0.25, -0.2) is 4.98 Å². The summed E-state index contributed by atoms with van der Waals surface area (Å²) in [7, 11) is 5.66. The number of anilines is 1. The number of fused-ring (bicyclic) bond motifs is 1. The van der Waals surface area contributed by atoms with Crippen LogP contribution in [0.1, 0.15) is 38.3 Å². The second-order valence-electron chi connectivity index (χ2n) is 8.65. The van der Waals surface area contributed by atoms with E-state index >= 15 is 0 Å². The number of ketones is 1. The zero-order valence-corrected chi connectivity index (χ0v) is 22.5. The Hall–Kier alpha value is -3.26. The summed E-state index contributed by atoms with van der Waals surface area (Å²) in [5, 5.41) is 0.640. The molecule has 0 saturated carbocycles. The second-order valence-corrected chi connectivity index (χ2v) is 9.62. The van der Waals surface area contributed by atoms with Crippen LogP contribution in [0.3, 0.4) is 0 Å². The normalized spacial score (nSPS) is 10.8. The highest BCUT2D eigenvalue weighted by atomic mass is 35.5. The summed E-state index contributed by atoms with van der Waals surface area (Å²) >= 11 is 1.49. The molecule has 0 radical (unpaired) electrons. The maximum atomic E-state index is 13.7. The molecule has 4 rings (SSSR count). The Bertz CT molecular complexity index is 1340. The zero-order valence-electron chi connectivity index (χ0n) is 20.9. The number of methoxy groups -OCH3 is 1. The Balaban J connectivity index is 0.00000361. The lowest BCUT2D eigenvalue weighted by molar-refractivity contribution is 0.0983. The van der Waals surface area contributed by atoms with Crippen molar-refractivity contribution in [3.8, 4) is 5.75 Å². The lowest BCUT2D eigenvalue weighted by atomic mass is 10.0. The zero-order chi connectivity index (χ0) is 24.9. The number of amides is 1. The first kappa shape index (κ1) is 27.3. The minimum absolute atomic E-state index is 0. The summed E-state index contributed by atoms with van der Waals surface area (Å²) in [4.78, 5) is 35.0. The fourth-order valence-electron chi connectivity index (χ4n) is 3.88. The van der Waals surface area contributed by atoms with Gasteiger partial charge in [0.15, 0.2) is 10.9 Å². The summed E-state index contributed by atoms with van der Waals surface area (Å²) < 4.78 is 6.52. The molecule has 0 saturated heterocycles. The summed E-state index contributed by atoms with van der Waals surface area (Å²) in [6.07, 6.45) is 0.801. The van der Waals surface area contributed by atoms with Gasteiger partial charge in [0, 0.05) is 23.2 Å². The summed E-state index contributed by atoms with van der Waals surface area (Å²) in [6.45, 7) is 3.41. The van der Waals surface area contributed by atoms with Crippen molar-refractivity contribution < 1.29 is 14.3 Å². The number of aryl methyl sites for hydroxylation is 1. The maximum Gasteiger partial charge on any atom is 0.260 e. The van der Waals surface area contributed by atoms with E-state index < -0.39 is 0 Å². The number of ether oxygens (including phenoxy) is 1. The lowest BCUT2D eigenvalue weighted by Crippen LogP contribution is -2.33. The molecule has 0 spiro atoms. The fraction of sp³-hybridized carbons (Fsp3) is 0.250. The summed E-state index contributed by atoms with van der Waals surface area (Å²) in [6, 6.07) is 19.9. The minimum Gasteiger partial charge on any atom is -0.494 e. The first-order valence-corrected chi connectivity index (χ1v) is 12.3. The van der Waals surface area contributed by atoms with Crippen LogP contribution >= 0.6 is 23.7 Å². The van der Waals surface area contributed by atoms with Crippen LogP contribution in [0.5, 0.6) is 5.75 Å². The van der Waals surface area contributed by atoms with Crippen LogP contribution in [-0.2, 0) is 0 Å². The number of carbonyl (C=O) groups is 2. The Morgan fingerprint density at radius 2 is 1.53 bits per heavy atom. The highest BCUT2D eigenvalue weighted by molar-refractivity contribution is 7.22. The second kappa shape index (κ2) is 12.1. The average Bonchev–Trinajstić information content (AvgIpc) is 3.33. The van der Waals surface area contributed by atoms with E-state index in [2.05, 4.69) is 4.90 Å². The van der Waals surface area contributed by atoms with E-state index in [9.17, 15) is 9.59 Å². The van der Waals surface area contributed by atoms with Gasteiger partial charge in [-0.05, 0) is 57.7 Å². The molecule has 4 aromatic rings. The van der Waals surface area contributed by atoms with Crippen molar-refractivity contribution in [2.24, 2.45) is 0 Å². The minimum atomic E-state index is -0.141. The Morgan fingerprint density at radius 1 is 0.889 bits per heavy atom. The van der Waals surface area contributed by atoms with Crippen molar-refractivity contribution in [2.45, 2.75) is 13.3 Å². The van der Waals surface area contributed by atoms with Crippen LogP contribution in [0.15, 0.2) is 66.7 Å². The monoisotopic (exact) mass is 523 g/mol. The van der Waals surface area contributed by atoms with Crippen molar-refractivity contribution in [1.82, 2.24) is 9.88 Å². The molecule has 6 nitrogen and oxygen atoms in total. The molecule has 0 aliphatic rings. The third-order valence-corrected chi connectivity index (χ3v) is 7.02. The maximum absolute atomic E-state index is 13.7. The molecule has 36 heavy (non-hydrogen) atoms. The van der Waals surface area contributed by atoms with Gasteiger partial charge >= 0.3 is 0 Å². The Morgan fingerprint density at radius 3 is 2.17 bits per heavy atom. The van der Waals surface area contributed by atoms with E-state index in [1.165, 1.54) is 11.3 Å². The lowest BCUT2D eigenvalue weighted by Gasteiger charge is -2.21. The molecular formula is C28H30ClN3O3S. The molecule has 1 amide bonds. The van der Waals surface area contributed by atoms with Gasteiger partial charge < -0.3 is 9.64 Å². The molecule has 0 fully saturated rings. The first-order chi connectivity index (χ1) is 16.9. The van der Waals surface area contributed by atoms with E-state index in [4.69, 9.17) is 9.72 Å². The van der Waals surface area contributed by atoms with Crippen LogP contribution in [-0.4, -0.2) is 55.9 Å². The van der Waals surface area contributed by atoms with Gasteiger partial charge in [0.25, 0.3) is 5.91 Å². The number of hydrogen-bond donors (Lipinski definition) is 0. The predicted octanol–water partition coefficient (Wildman–Crippen LogP) is 5.86. The van der Waals surface area contributed by atoms with Gasteiger partial charge in [0.05, 0.1) is 11.8 Å². The van der Waals surface area contributed by atoms with Crippen molar-refractivity contribution in [3.05, 3.63) is 89.0 Å². The number of hydrogen-bond acceptors (Lipinski definition) is 6. The Kier molecular flexibility index (Phi) is 9.20. The van der Waals surface area contributed by atoms with Crippen LogP contribution in [0.4, 0.5) is 5.13 Å². The Labute approximate surface area is 221 Å². The summed E-state index contributed by atoms with van der Waals surface area (Å²) in [5.41, 5.74) is 3.54. The number of benzene rings is 3. The molecule has 0 bridgehead atoms. The number of carbonyl (C=O) groups excluding carboxylic acids is 2. The van der Waals surface area contributed by atoms with Crippen LogP contribution < -0.4 is 9.64 Å². The van der Waals surface area contributed by atoms with E-state index in [0.717, 1.165) is 28.7 Å². The third kappa shape index (κ3) is 5.93. The number of halogens is 1. The smallest absolute Gasteiger partial charge is 0.260 e. The van der Waals surface area contributed by atoms with Gasteiger partial charge in [-0.3, -0.25) is 14.5 Å². The van der Waals surface area contributed by atoms with Crippen molar-refractivity contribution in [3.63, 3.8) is 0 Å². The van der Waals surface area contributed by atoms with E-state index in [0.29, 0.717) is 34.1 Å². The van der Waals surface area contributed by atoms with E-state index in [1.807, 2.05) is 51.4 Å². The van der Waals surface area contributed by atoms with E-state index in [1.54, 1.807) is 48.4 Å². The summed E-state index contributed by atoms with van der Waals surface area (Å²) in [5.74, 6) is 0.483. The van der Waals surface area contributed by atoms with Crippen LogP contribution in [0.25, 0.3) is 10.2 Å². The average molecular weight is 524 g/mol. The molecule has 0 atom stereocenters. The molecule has 0 unspecified atom stereocenters. The highest BCUT2D eigenvalue weighted by Crippen LogP contribution is 2.37. The number of thiazole rings is 1. The predicted molar refractivity (Wildman–Crippen MR) is 149 cm³/mol. The van der Waals surface area contributed by atoms with Gasteiger partial charge in [-0.15, -0.1) is 12.4 Å². The van der Waals surface area contributed by atoms with Crippen molar-refractivity contribution in [2.75, 3.05) is 39.2 Å². The fourth-order valence-corrected chi connectivity index (χ4v) is 4.96. The SMILES string of the molecule is COc1ccc(C)c2sc(N(CCCN(C)C)C(=O)c3ccc(C(=O)c4ccccc4)cc3)nc12.Cl. The molecular weight excluding hydrogens is 494 g/mol. The topological polar surface area (TPSA) is 62.7 Å². The highest BCUT2D eigenvalue weighted by Gasteiger charge is 2.23. The van der Waals surface area contributed by atoms with Gasteiger partial charge in [-0.1, -0.05) is 59.9 Å². The molecule has 188 valence electrons. The molecule has 3 aromatic carbocycles. The van der Waals surface area contributed by atoms with Crippen LogP contribution in [0, 0.1) is 6.92 Å². The number of rotatable bonds is 9. The molecule has 1 aromatic heterocycles. The quantitative estimate of drug-likeness (QED) is 0.257. The van der Waals surface area contributed by atoms with E-state index in [-0.39, 0.29) is 24.1 Å². The van der Waals surface area contributed by atoms with Crippen molar-refractivity contribution >= 4 is 50.8 Å². The third-order valence-electron chi connectivity index (χ3n) is 5.81. The van der Waals surface area contributed by atoms with Gasteiger partial charge in [0.1, 0.15) is 11.3 Å².